The number of alkyl halides is 3. The first kappa shape index (κ1) is 22.5. The highest BCUT2D eigenvalue weighted by molar-refractivity contribution is 5.94. The maximum atomic E-state index is 12.6. The molecule has 7 nitrogen and oxygen atoms in total. The summed E-state index contributed by atoms with van der Waals surface area (Å²) in [6, 6.07) is 12.3. The van der Waals surface area contributed by atoms with Gasteiger partial charge in [-0.1, -0.05) is 30.3 Å². The van der Waals surface area contributed by atoms with Gasteiger partial charge in [0.1, 0.15) is 0 Å². The minimum atomic E-state index is -4.45. The summed E-state index contributed by atoms with van der Waals surface area (Å²) in [5, 5.41) is 2.88. The molecule has 1 saturated heterocycles. The summed E-state index contributed by atoms with van der Waals surface area (Å²) in [4.78, 5) is 32.1. The Morgan fingerprint density at radius 2 is 1.74 bits per heavy atom. The van der Waals surface area contributed by atoms with E-state index in [0.717, 1.165) is 5.56 Å². The van der Waals surface area contributed by atoms with Crippen molar-refractivity contribution in [2.24, 2.45) is 0 Å². The summed E-state index contributed by atoms with van der Waals surface area (Å²) in [7, 11) is 0. The van der Waals surface area contributed by atoms with Crippen LogP contribution < -0.4 is 10.1 Å². The van der Waals surface area contributed by atoms with Crippen LogP contribution in [-0.4, -0.2) is 72.1 Å². The minimum absolute atomic E-state index is 0.0812. The Balaban J connectivity index is 1.41. The number of nitrogens with one attached hydrogen (secondary N) is 1. The number of halogens is 3. The predicted molar refractivity (Wildman–Crippen MR) is 106 cm³/mol. The van der Waals surface area contributed by atoms with Crippen LogP contribution in [0.2, 0.25) is 0 Å². The molecule has 1 aromatic carbocycles. The van der Waals surface area contributed by atoms with Crippen LogP contribution in [0.25, 0.3) is 0 Å². The van der Waals surface area contributed by atoms with Gasteiger partial charge in [0.15, 0.2) is 6.61 Å². The molecule has 2 heterocycles. The van der Waals surface area contributed by atoms with Crippen molar-refractivity contribution < 1.29 is 27.5 Å². The molecule has 0 spiro atoms. The van der Waals surface area contributed by atoms with Crippen molar-refractivity contribution in [3.63, 3.8) is 0 Å². The van der Waals surface area contributed by atoms with Crippen molar-refractivity contribution in [2.45, 2.75) is 12.7 Å². The Labute approximate surface area is 177 Å². The van der Waals surface area contributed by atoms with Crippen LogP contribution >= 0.6 is 0 Å². The molecule has 0 aliphatic carbocycles. The van der Waals surface area contributed by atoms with Crippen LogP contribution in [0.3, 0.4) is 0 Å². The van der Waals surface area contributed by atoms with E-state index in [2.05, 4.69) is 15.0 Å². The van der Waals surface area contributed by atoms with Gasteiger partial charge in [-0.3, -0.25) is 14.5 Å². The third kappa shape index (κ3) is 7.25. The molecule has 1 fully saturated rings. The molecule has 0 saturated carbocycles. The summed E-state index contributed by atoms with van der Waals surface area (Å²) in [5.41, 5.74) is 1.29. The minimum Gasteiger partial charge on any atom is -0.468 e. The lowest BCUT2D eigenvalue weighted by molar-refractivity contribution is -0.154. The fraction of sp³-hybridized carbons (Fsp3) is 0.381. The van der Waals surface area contributed by atoms with E-state index in [1.807, 2.05) is 35.2 Å². The van der Waals surface area contributed by atoms with E-state index in [0.29, 0.717) is 32.7 Å². The van der Waals surface area contributed by atoms with E-state index in [1.165, 1.54) is 18.3 Å². The molecule has 1 N–H and O–H groups in total. The predicted octanol–water partition coefficient (Wildman–Crippen LogP) is 2.10. The zero-order chi connectivity index (χ0) is 22.3. The lowest BCUT2D eigenvalue weighted by Gasteiger charge is -2.34. The Morgan fingerprint density at radius 1 is 1.03 bits per heavy atom. The molecule has 166 valence electrons. The Hall–Kier alpha value is -3.14. The largest absolute Gasteiger partial charge is 0.468 e. The molecule has 31 heavy (non-hydrogen) atoms. The first-order valence-corrected chi connectivity index (χ1v) is 9.78. The smallest absolute Gasteiger partial charge is 0.422 e. The highest BCUT2D eigenvalue weighted by Gasteiger charge is 2.29. The van der Waals surface area contributed by atoms with Crippen molar-refractivity contribution in [1.29, 1.82) is 0 Å². The monoisotopic (exact) mass is 436 g/mol. The first-order valence-electron chi connectivity index (χ1n) is 9.78. The fourth-order valence-corrected chi connectivity index (χ4v) is 3.10. The molecule has 10 heteroatoms. The summed E-state index contributed by atoms with van der Waals surface area (Å²) in [6.07, 6.45) is -3.24. The number of ether oxygens (including phenoxy) is 1. The number of pyridine rings is 1. The van der Waals surface area contributed by atoms with Crippen molar-refractivity contribution in [3.05, 3.63) is 59.8 Å². The van der Waals surface area contributed by atoms with Crippen LogP contribution in [0.1, 0.15) is 15.9 Å². The number of carbonyl (C=O) groups excluding carboxylic acids is 2. The van der Waals surface area contributed by atoms with E-state index in [-0.39, 0.29) is 29.8 Å². The van der Waals surface area contributed by atoms with Crippen LogP contribution in [0.4, 0.5) is 13.2 Å². The second-order valence-corrected chi connectivity index (χ2v) is 7.12. The average Bonchev–Trinajstić information content (AvgIpc) is 2.77. The van der Waals surface area contributed by atoms with E-state index in [1.54, 1.807) is 4.90 Å². The Kier molecular flexibility index (Phi) is 7.45. The van der Waals surface area contributed by atoms with Gasteiger partial charge in [-0.15, -0.1) is 0 Å². The highest BCUT2D eigenvalue weighted by Crippen LogP contribution is 2.17. The fourth-order valence-electron chi connectivity index (χ4n) is 3.10. The summed E-state index contributed by atoms with van der Waals surface area (Å²) in [5.74, 6) is -0.537. The van der Waals surface area contributed by atoms with Crippen LogP contribution in [0.5, 0.6) is 5.88 Å². The number of nitrogens with zero attached hydrogens (tertiary/aromatic N) is 3. The van der Waals surface area contributed by atoms with Gasteiger partial charge in [0.05, 0.1) is 12.1 Å². The van der Waals surface area contributed by atoms with Crippen molar-refractivity contribution in [3.8, 4) is 5.88 Å². The number of aromatic nitrogens is 1. The standard InChI is InChI=1S/C21H23F3N4O3/c22-21(23,24)15-31-19-7-6-17(13-26-19)20(30)28-10-8-27(9-11-28)14-18(29)25-12-16-4-2-1-3-5-16/h1-7,13H,8-12,14-15H2,(H,25,29). The Morgan fingerprint density at radius 3 is 2.35 bits per heavy atom. The maximum absolute atomic E-state index is 12.6. The second-order valence-electron chi connectivity index (χ2n) is 7.12. The molecule has 1 aliphatic rings. The number of piperazine rings is 1. The zero-order valence-corrected chi connectivity index (χ0v) is 16.8. The molecule has 1 aliphatic heterocycles. The molecule has 2 aromatic rings. The van der Waals surface area contributed by atoms with E-state index in [9.17, 15) is 22.8 Å². The number of hydrogen-bond acceptors (Lipinski definition) is 5. The third-order valence-electron chi connectivity index (χ3n) is 4.73. The summed E-state index contributed by atoms with van der Waals surface area (Å²) >= 11 is 0. The highest BCUT2D eigenvalue weighted by atomic mass is 19.4. The van der Waals surface area contributed by atoms with Crippen molar-refractivity contribution in [1.82, 2.24) is 20.1 Å². The molecule has 0 atom stereocenters. The average molecular weight is 436 g/mol. The topological polar surface area (TPSA) is 74.8 Å². The molecule has 1 aromatic heterocycles. The van der Waals surface area contributed by atoms with Gasteiger partial charge < -0.3 is 15.0 Å². The quantitative estimate of drug-likeness (QED) is 0.720. The van der Waals surface area contributed by atoms with Gasteiger partial charge in [-0.05, 0) is 11.6 Å². The molecule has 0 radical (unpaired) electrons. The molecular formula is C21H23F3N4O3. The van der Waals surface area contributed by atoms with Crippen LogP contribution in [-0.2, 0) is 11.3 Å². The van der Waals surface area contributed by atoms with E-state index < -0.39 is 12.8 Å². The van der Waals surface area contributed by atoms with E-state index in [4.69, 9.17) is 0 Å². The van der Waals surface area contributed by atoms with E-state index >= 15 is 0 Å². The third-order valence-corrected chi connectivity index (χ3v) is 4.73. The second kappa shape index (κ2) is 10.3. The van der Waals surface area contributed by atoms with Crippen molar-refractivity contribution in [2.75, 3.05) is 39.3 Å². The summed E-state index contributed by atoms with van der Waals surface area (Å²) in [6.45, 7) is 1.26. The Bertz CT molecular complexity index is 868. The molecular weight excluding hydrogens is 413 g/mol. The molecule has 0 unspecified atom stereocenters. The SMILES string of the molecule is O=C(CN1CCN(C(=O)c2ccc(OCC(F)(F)F)nc2)CC1)NCc1ccccc1. The van der Waals surface area contributed by atoms with Gasteiger partial charge in [0.2, 0.25) is 11.8 Å². The number of amides is 2. The van der Waals surface area contributed by atoms with Gasteiger partial charge >= 0.3 is 6.18 Å². The van der Waals surface area contributed by atoms with Gasteiger partial charge in [0.25, 0.3) is 5.91 Å². The number of hydrogen-bond donors (Lipinski definition) is 1. The molecule has 2 amide bonds. The zero-order valence-electron chi connectivity index (χ0n) is 16.8. The maximum Gasteiger partial charge on any atom is 0.422 e. The van der Waals surface area contributed by atoms with Gasteiger partial charge in [-0.25, -0.2) is 4.98 Å². The lowest BCUT2D eigenvalue weighted by atomic mass is 10.2. The van der Waals surface area contributed by atoms with Crippen molar-refractivity contribution >= 4 is 11.8 Å². The van der Waals surface area contributed by atoms with Gasteiger partial charge in [-0.2, -0.15) is 13.2 Å². The number of rotatable bonds is 7. The molecule has 3 rings (SSSR count). The number of carbonyl (C=O) groups is 2. The normalized spacial score (nSPS) is 14.9. The molecule has 0 bridgehead atoms. The first-order chi connectivity index (χ1) is 14.8. The van der Waals surface area contributed by atoms with Gasteiger partial charge in [0, 0.05) is 45.0 Å². The number of benzene rings is 1. The van der Waals surface area contributed by atoms with Crippen LogP contribution in [0.15, 0.2) is 48.7 Å². The summed E-state index contributed by atoms with van der Waals surface area (Å²) < 4.78 is 41.1. The van der Waals surface area contributed by atoms with Crippen LogP contribution in [0, 0.1) is 0 Å². The lowest BCUT2D eigenvalue weighted by Crippen LogP contribution is -2.51.